The Morgan fingerprint density at radius 1 is 1.35 bits per heavy atom. The molecule has 4 heteroatoms. The molecule has 0 fully saturated rings. The van der Waals surface area contributed by atoms with Crippen LogP contribution in [0.25, 0.3) is 5.82 Å². The molecule has 0 aliphatic heterocycles. The second-order valence-corrected chi connectivity index (χ2v) is 4.20. The average Bonchev–Trinajstić information content (AvgIpc) is 2.78. The Balaban J connectivity index is 2.38. The summed E-state index contributed by atoms with van der Waals surface area (Å²) in [6, 6.07) is 3.99. The Labute approximate surface area is 102 Å². The van der Waals surface area contributed by atoms with Crippen LogP contribution in [0.5, 0.6) is 0 Å². The molecule has 0 aliphatic carbocycles. The van der Waals surface area contributed by atoms with E-state index >= 15 is 0 Å². The summed E-state index contributed by atoms with van der Waals surface area (Å²) in [6.07, 6.45) is 7.58. The fourth-order valence-electron chi connectivity index (χ4n) is 1.80. The zero-order valence-corrected chi connectivity index (χ0v) is 10.3. The van der Waals surface area contributed by atoms with Crippen molar-refractivity contribution in [3.05, 3.63) is 42.1 Å². The van der Waals surface area contributed by atoms with Crippen molar-refractivity contribution in [2.45, 2.75) is 32.7 Å². The largest absolute Gasteiger partial charge is 0.324 e. The molecule has 2 heterocycles. The number of imidazole rings is 1. The highest BCUT2D eigenvalue weighted by Gasteiger charge is 2.07. The molecule has 0 spiro atoms. The Morgan fingerprint density at radius 2 is 2.18 bits per heavy atom. The van der Waals surface area contributed by atoms with Crippen LogP contribution in [-0.4, -0.2) is 14.5 Å². The minimum absolute atomic E-state index is 0.0231. The van der Waals surface area contributed by atoms with E-state index in [1.165, 1.54) is 0 Å². The zero-order chi connectivity index (χ0) is 12.3. The van der Waals surface area contributed by atoms with Crippen molar-refractivity contribution >= 4 is 0 Å². The monoisotopic (exact) mass is 230 g/mol. The Morgan fingerprint density at radius 3 is 2.88 bits per heavy atom. The fraction of sp³-hybridized carbons (Fsp3) is 0.385. The van der Waals surface area contributed by atoms with Crippen LogP contribution in [0.1, 0.15) is 37.7 Å². The molecule has 2 aromatic heterocycles. The zero-order valence-electron chi connectivity index (χ0n) is 10.3. The molecule has 90 valence electrons. The number of rotatable bonds is 4. The van der Waals surface area contributed by atoms with Crippen molar-refractivity contribution in [2.24, 2.45) is 5.73 Å². The first-order chi connectivity index (χ1) is 8.22. The summed E-state index contributed by atoms with van der Waals surface area (Å²) in [6.45, 7) is 4.12. The highest BCUT2D eigenvalue weighted by Crippen LogP contribution is 2.14. The minimum Gasteiger partial charge on any atom is -0.324 e. The van der Waals surface area contributed by atoms with E-state index in [2.05, 4.69) is 16.9 Å². The Hall–Kier alpha value is -1.68. The lowest BCUT2D eigenvalue weighted by Crippen LogP contribution is -2.08. The van der Waals surface area contributed by atoms with Crippen LogP contribution in [0, 0.1) is 0 Å². The molecule has 0 saturated carbocycles. The molecule has 17 heavy (non-hydrogen) atoms. The lowest BCUT2D eigenvalue weighted by atomic mass is 10.1. The van der Waals surface area contributed by atoms with Crippen molar-refractivity contribution in [1.82, 2.24) is 14.5 Å². The molecule has 0 unspecified atom stereocenters. The van der Waals surface area contributed by atoms with Crippen LogP contribution < -0.4 is 5.73 Å². The van der Waals surface area contributed by atoms with E-state index in [0.29, 0.717) is 0 Å². The van der Waals surface area contributed by atoms with Gasteiger partial charge in [0.1, 0.15) is 11.6 Å². The maximum absolute atomic E-state index is 5.88. The third-order valence-corrected chi connectivity index (χ3v) is 2.73. The minimum atomic E-state index is 0.0231. The van der Waals surface area contributed by atoms with Crippen molar-refractivity contribution in [2.75, 3.05) is 0 Å². The summed E-state index contributed by atoms with van der Waals surface area (Å²) in [4.78, 5) is 8.72. The number of hydrogen-bond acceptors (Lipinski definition) is 3. The molecule has 0 saturated heterocycles. The van der Waals surface area contributed by atoms with Gasteiger partial charge in [-0.3, -0.25) is 4.57 Å². The second kappa shape index (κ2) is 5.10. The van der Waals surface area contributed by atoms with E-state index in [9.17, 15) is 0 Å². The SMILES string of the molecule is CCCc1nccn1-c1cc([C@H](C)N)ccn1. The van der Waals surface area contributed by atoms with Gasteiger partial charge in [0.15, 0.2) is 0 Å². The normalized spacial score (nSPS) is 12.6. The summed E-state index contributed by atoms with van der Waals surface area (Å²) >= 11 is 0. The summed E-state index contributed by atoms with van der Waals surface area (Å²) in [5, 5.41) is 0. The molecule has 0 aliphatic rings. The maximum atomic E-state index is 5.88. The number of aryl methyl sites for hydroxylation is 1. The lowest BCUT2D eigenvalue weighted by Gasteiger charge is -2.10. The van der Waals surface area contributed by atoms with Crippen molar-refractivity contribution < 1.29 is 0 Å². The summed E-state index contributed by atoms with van der Waals surface area (Å²) < 4.78 is 2.02. The van der Waals surface area contributed by atoms with Crippen LogP contribution in [0.3, 0.4) is 0 Å². The van der Waals surface area contributed by atoms with Gasteiger partial charge in [-0.15, -0.1) is 0 Å². The second-order valence-electron chi connectivity index (χ2n) is 4.20. The molecule has 0 aromatic carbocycles. The summed E-state index contributed by atoms with van der Waals surface area (Å²) in [5.41, 5.74) is 6.97. The quantitative estimate of drug-likeness (QED) is 0.876. The van der Waals surface area contributed by atoms with Gasteiger partial charge in [-0.25, -0.2) is 9.97 Å². The van der Waals surface area contributed by atoms with Gasteiger partial charge < -0.3 is 5.73 Å². The van der Waals surface area contributed by atoms with Crippen LogP contribution in [-0.2, 0) is 6.42 Å². The highest BCUT2D eigenvalue weighted by molar-refractivity contribution is 5.30. The first-order valence-electron chi connectivity index (χ1n) is 5.96. The van der Waals surface area contributed by atoms with E-state index in [1.807, 2.05) is 36.0 Å². The molecule has 1 atom stereocenters. The van der Waals surface area contributed by atoms with Crippen LogP contribution in [0.15, 0.2) is 30.7 Å². The van der Waals surface area contributed by atoms with E-state index in [4.69, 9.17) is 5.73 Å². The Bertz CT molecular complexity index is 488. The fourth-order valence-corrected chi connectivity index (χ4v) is 1.80. The average molecular weight is 230 g/mol. The molecule has 2 N–H and O–H groups in total. The molecule has 4 nitrogen and oxygen atoms in total. The van der Waals surface area contributed by atoms with E-state index in [1.54, 1.807) is 6.20 Å². The smallest absolute Gasteiger partial charge is 0.138 e. The molecule has 2 aromatic rings. The van der Waals surface area contributed by atoms with Crippen molar-refractivity contribution in [3.63, 3.8) is 0 Å². The molecular formula is C13H18N4. The van der Waals surface area contributed by atoms with Crippen LogP contribution in [0.2, 0.25) is 0 Å². The third-order valence-electron chi connectivity index (χ3n) is 2.73. The van der Waals surface area contributed by atoms with E-state index in [0.717, 1.165) is 30.0 Å². The maximum Gasteiger partial charge on any atom is 0.138 e. The first kappa shape index (κ1) is 11.8. The van der Waals surface area contributed by atoms with Gasteiger partial charge in [0, 0.05) is 31.1 Å². The van der Waals surface area contributed by atoms with Crippen LogP contribution in [0.4, 0.5) is 0 Å². The van der Waals surface area contributed by atoms with Gasteiger partial charge >= 0.3 is 0 Å². The Kier molecular flexibility index (Phi) is 3.54. The molecule has 0 amide bonds. The van der Waals surface area contributed by atoms with Crippen LogP contribution >= 0.6 is 0 Å². The number of nitrogens with zero attached hydrogens (tertiary/aromatic N) is 3. The molecule has 0 radical (unpaired) electrons. The number of pyridine rings is 1. The predicted molar refractivity (Wildman–Crippen MR) is 68.0 cm³/mol. The molecule has 0 bridgehead atoms. The van der Waals surface area contributed by atoms with Gasteiger partial charge in [0.25, 0.3) is 0 Å². The highest BCUT2D eigenvalue weighted by atomic mass is 15.1. The van der Waals surface area contributed by atoms with Gasteiger partial charge in [-0.1, -0.05) is 6.92 Å². The molecular weight excluding hydrogens is 212 g/mol. The summed E-state index contributed by atoms with van der Waals surface area (Å²) in [5.74, 6) is 1.93. The summed E-state index contributed by atoms with van der Waals surface area (Å²) in [7, 11) is 0. The van der Waals surface area contributed by atoms with Gasteiger partial charge in [0.05, 0.1) is 0 Å². The third kappa shape index (κ3) is 2.53. The van der Waals surface area contributed by atoms with Gasteiger partial charge in [0.2, 0.25) is 0 Å². The van der Waals surface area contributed by atoms with Gasteiger partial charge in [-0.05, 0) is 31.0 Å². The van der Waals surface area contributed by atoms with E-state index < -0.39 is 0 Å². The standard InChI is InChI=1S/C13H18N4/c1-3-4-12-16-7-8-17(12)13-9-11(10(2)14)5-6-15-13/h5-10H,3-4,14H2,1-2H3/t10-/m0/s1. The number of nitrogens with two attached hydrogens (primary N) is 1. The lowest BCUT2D eigenvalue weighted by molar-refractivity contribution is 0.784. The van der Waals surface area contributed by atoms with E-state index in [-0.39, 0.29) is 6.04 Å². The van der Waals surface area contributed by atoms with Crippen molar-refractivity contribution in [3.8, 4) is 5.82 Å². The predicted octanol–water partition coefficient (Wildman–Crippen LogP) is 2.24. The number of aromatic nitrogens is 3. The first-order valence-corrected chi connectivity index (χ1v) is 5.96. The molecule has 2 rings (SSSR count). The van der Waals surface area contributed by atoms with Crippen molar-refractivity contribution in [1.29, 1.82) is 0 Å². The van der Waals surface area contributed by atoms with Gasteiger partial charge in [-0.2, -0.15) is 0 Å². The number of hydrogen-bond donors (Lipinski definition) is 1. The topological polar surface area (TPSA) is 56.7 Å².